The van der Waals surface area contributed by atoms with E-state index in [0.29, 0.717) is 31.4 Å². The Labute approximate surface area is 222 Å². The minimum atomic E-state index is -1.47. The van der Waals surface area contributed by atoms with E-state index in [9.17, 15) is 19.8 Å². The van der Waals surface area contributed by atoms with Crippen LogP contribution in [0.2, 0.25) is 0 Å². The summed E-state index contributed by atoms with van der Waals surface area (Å²) in [5.41, 5.74) is -1.76. The summed E-state index contributed by atoms with van der Waals surface area (Å²) < 4.78 is 30.6. The van der Waals surface area contributed by atoms with Gasteiger partial charge in [-0.25, -0.2) is 9.59 Å². The molecule has 0 aromatic carbocycles. The zero-order valence-corrected chi connectivity index (χ0v) is 22.1. The Morgan fingerprint density at radius 1 is 1.08 bits per heavy atom. The van der Waals surface area contributed by atoms with Gasteiger partial charge in [0.15, 0.2) is 0 Å². The second kappa shape index (κ2) is 8.86. The predicted octanol–water partition coefficient (Wildman–Crippen LogP) is 2.07. The molecule has 9 atom stereocenters. The van der Waals surface area contributed by atoms with E-state index >= 15 is 0 Å². The van der Waals surface area contributed by atoms with Gasteiger partial charge in [-0.15, -0.1) is 0 Å². The highest BCUT2D eigenvalue weighted by atomic mass is 16.6. The van der Waals surface area contributed by atoms with Crippen molar-refractivity contribution in [1.82, 2.24) is 0 Å². The van der Waals surface area contributed by atoms with Gasteiger partial charge < -0.3 is 33.9 Å². The van der Waals surface area contributed by atoms with Crippen LogP contribution in [0.15, 0.2) is 47.6 Å². The van der Waals surface area contributed by atoms with Crippen molar-refractivity contribution in [1.29, 1.82) is 0 Å². The standard InChI is InChI=1S/C29H36O9/c1-17-7-10-27-15-34-24(32)13-19-8-11-35-28(18(2)30,25(19)33)9-5-4-6-23(31)38-20-14-22(37-21(27)12-17)29(16-36-29)26(20,27)3/h4-6,9,12-13,18,20-22,25,30,33H,7-8,10-11,14-16H2,1-3H3/b6-4-,9-5-,19-13-/t18-,20+,21+,22+,25+,26?,27+,28+,29-/m0/s1. The average molecular weight is 529 g/mol. The smallest absolute Gasteiger partial charge is 0.331 e. The van der Waals surface area contributed by atoms with Gasteiger partial charge in [-0.3, -0.25) is 0 Å². The Balaban J connectivity index is 1.44. The molecular weight excluding hydrogens is 492 g/mol. The van der Waals surface area contributed by atoms with E-state index in [4.69, 9.17) is 23.7 Å². The monoisotopic (exact) mass is 528 g/mol. The van der Waals surface area contributed by atoms with Gasteiger partial charge in [-0.1, -0.05) is 30.7 Å². The molecule has 4 heterocycles. The van der Waals surface area contributed by atoms with Crippen LogP contribution in [-0.4, -0.2) is 83.7 Å². The van der Waals surface area contributed by atoms with E-state index < -0.39 is 52.3 Å². The lowest BCUT2D eigenvalue weighted by atomic mass is 9.51. The Kier molecular flexibility index (Phi) is 6.05. The molecule has 0 amide bonds. The normalized spacial score (nSPS) is 50.0. The summed E-state index contributed by atoms with van der Waals surface area (Å²) in [6.45, 7) is 6.43. The molecule has 1 saturated carbocycles. The first kappa shape index (κ1) is 26.0. The molecule has 6 aliphatic rings. The highest BCUT2D eigenvalue weighted by Gasteiger charge is 2.83. The number of allylic oxidation sites excluding steroid dienone is 3. The highest BCUT2D eigenvalue weighted by Crippen LogP contribution is 2.72. The highest BCUT2D eigenvalue weighted by molar-refractivity contribution is 5.83. The first-order chi connectivity index (χ1) is 18.1. The van der Waals surface area contributed by atoms with Gasteiger partial charge in [0.1, 0.15) is 30.0 Å². The molecule has 2 N–H and O–H groups in total. The number of epoxide rings is 1. The molecule has 206 valence electrons. The number of esters is 2. The number of fused-ring (bicyclic) bond motifs is 2. The maximum Gasteiger partial charge on any atom is 0.331 e. The third-order valence-electron chi connectivity index (χ3n) is 10.1. The topological polar surface area (TPSA) is 124 Å². The summed E-state index contributed by atoms with van der Waals surface area (Å²) in [4.78, 5) is 26.2. The summed E-state index contributed by atoms with van der Waals surface area (Å²) in [6.07, 6.45) is 8.21. The Bertz CT molecular complexity index is 1150. The number of hydrogen-bond acceptors (Lipinski definition) is 9. The fraction of sp³-hybridized carbons (Fsp3) is 0.655. The Hall–Kier alpha value is -2.30. The van der Waals surface area contributed by atoms with Gasteiger partial charge in [0.05, 0.1) is 36.9 Å². The van der Waals surface area contributed by atoms with Crippen LogP contribution in [0.25, 0.3) is 0 Å². The van der Waals surface area contributed by atoms with E-state index in [1.807, 2.05) is 0 Å². The average Bonchev–Trinajstić information content (AvgIpc) is 3.65. The van der Waals surface area contributed by atoms with Gasteiger partial charge in [-0.2, -0.15) is 0 Å². The maximum absolute atomic E-state index is 13.2. The second-order valence-electron chi connectivity index (χ2n) is 11.8. The first-order valence-electron chi connectivity index (χ1n) is 13.5. The number of ether oxygens (including phenoxy) is 5. The van der Waals surface area contributed by atoms with Crippen molar-refractivity contribution in [2.45, 2.75) is 88.2 Å². The number of aliphatic hydroxyl groups excluding tert-OH is 2. The summed E-state index contributed by atoms with van der Waals surface area (Å²) in [7, 11) is 0. The largest absolute Gasteiger partial charge is 0.462 e. The van der Waals surface area contributed by atoms with Crippen molar-refractivity contribution >= 4 is 11.9 Å². The molecular formula is C29H36O9. The van der Waals surface area contributed by atoms with E-state index in [1.165, 1.54) is 36.8 Å². The predicted molar refractivity (Wildman–Crippen MR) is 134 cm³/mol. The van der Waals surface area contributed by atoms with Crippen molar-refractivity contribution in [3.63, 3.8) is 0 Å². The number of aliphatic hydroxyl groups is 2. The van der Waals surface area contributed by atoms with Crippen LogP contribution in [0.3, 0.4) is 0 Å². The fourth-order valence-electron chi connectivity index (χ4n) is 7.68. The van der Waals surface area contributed by atoms with Gasteiger partial charge in [0.25, 0.3) is 0 Å². The third kappa shape index (κ3) is 3.48. The minimum absolute atomic E-state index is 0.0519. The van der Waals surface area contributed by atoms with Crippen molar-refractivity contribution < 1.29 is 43.5 Å². The molecule has 6 rings (SSSR count). The van der Waals surface area contributed by atoms with Crippen molar-refractivity contribution in [2.75, 3.05) is 19.8 Å². The molecule has 4 fully saturated rings. The summed E-state index contributed by atoms with van der Waals surface area (Å²) in [6, 6.07) is 0. The lowest BCUT2D eigenvalue weighted by molar-refractivity contribution is -0.232. The minimum Gasteiger partial charge on any atom is -0.462 e. The van der Waals surface area contributed by atoms with Crippen molar-refractivity contribution in [3.8, 4) is 0 Å². The summed E-state index contributed by atoms with van der Waals surface area (Å²) >= 11 is 0. The zero-order valence-electron chi connectivity index (χ0n) is 22.1. The summed E-state index contributed by atoms with van der Waals surface area (Å²) in [5.74, 6) is -1.10. The molecule has 4 aliphatic heterocycles. The lowest BCUT2D eigenvalue weighted by Crippen LogP contribution is -2.66. The van der Waals surface area contributed by atoms with Crippen LogP contribution in [0.5, 0.6) is 0 Å². The van der Waals surface area contributed by atoms with Gasteiger partial charge >= 0.3 is 11.9 Å². The molecule has 0 aromatic rings. The number of hydrogen-bond donors (Lipinski definition) is 2. The fourth-order valence-corrected chi connectivity index (χ4v) is 7.68. The van der Waals surface area contributed by atoms with Crippen LogP contribution in [0.4, 0.5) is 0 Å². The molecule has 0 radical (unpaired) electrons. The number of carbonyl (C=O) groups is 2. The van der Waals surface area contributed by atoms with Gasteiger partial charge in [-0.05, 0) is 44.8 Å². The van der Waals surface area contributed by atoms with E-state index in [1.54, 1.807) is 6.08 Å². The van der Waals surface area contributed by atoms with E-state index in [0.717, 1.165) is 6.42 Å². The summed E-state index contributed by atoms with van der Waals surface area (Å²) in [5, 5.41) is 21.7. The maximum atomic E-state index is 13.2. The number of rotatable bonds is 1. The number of cyclic esters (lactones) is 1. The van der Waals surface area contributed by atoms with Gasteiger partial charge in [0.2, 0.25) is 0 Å². The second-order valence-corrected chi connectivity index (χ2v) is 11.8. The van der Waals surface area contributed by atoms with Crippen LogP contribution < -0.4 is 0 Å². The van der Waals surface area contributed by atoms with Crippen LogP contribution >= 0.6 is 0 Å². The molecule has 2 aliphatic carbocycles. The molecule has 3 saturated heterocycles. The molecule has 0 aromatic heterocycles. The van der Waals surface area contributed by atoms with E-state index in [2.05, 4.69) is 19.9 Å². The van der Waals surface area contributed by atoms with Crippen molar-refractivity contribution in [2.24, 2.45) is 10.8 Å². The van der Waals surface area contributed by atoms with Crippen LogP contribution in [0, 0.1) is 10.8 Å². The zero-order chi connectivity index (χ0) is 26.9. The van der Waals surface area contributed by atoms with Crippen LogP contribution in [0.1, 0.15) is 46.5 Å². The molecule has 1 unspecified atom stereocenters. The number of carbonyl (C=O) groups excluding carboxylic acids is 2. The molecule has 4 bridgehead atoms. The Morgan fingerprint density at radius 2 is 1.87 bits per heavy atom. The lowest BCUT2D eigenvalue weighted by Gasteiger charge is -2.58. The molecule has 38 heavy (non-hydrogen) atoms. The molecule has 9 nitrogen and oxygen atoms in total. The molecule has 9 heteroatoms. The van der Waals surface area contributed by atoms with Crippen LogP contribution in [-0.2, 0) is 33.3 Å². The Morgan fingerprint density at radius 3 is 2.61 bits per heavy atom. The first-order valence-corrected chi connectivity index (χ1v) is 13.5. The van der Waals surface area contributed by atoms with Crippen molar-refractivity contribution in [3.05, 3.63) is 47.6 Å². The third-order valence-corrected chi connectivity index (χ3v) is 10.1. The SMILES string of the molecule is CC1=C[C@H]2O[C@@H]3C[C@H]4OC(=O)/C=C\C=C/[C@]5([C@H](C)O)OCC/C(=C/C(=O)OC[C@@]2(CC1)C4(C)[C@]31CO1)[C@H]5O. The molecule has 2 spiro atoms. The quantitative estimate of drug-likeness (QED) is 0.299. The van der Waals surface area contributed by atoms with E-state index in [-0.39, 0.29) is 25.4 Å². The van der Waals surface area contributed by atoms with Gasteiger partial charge in [0, 0.05) is 24.0 Å².